The Morgan fingerprint density at radius 1 is 1.53 bits per heavy atom. The summed E-state index contributed by atoms with van der Waals surface area (Å²) < 4.78 is 0.916. The van der Waals surface area contributed by atoms with Gasteiger partial charge in [0.1, 0.15) is 0 Å². The molecule has 0 saturated carbocycles. The summed E-state index contributed by atoms with van der Waals surface area (Å²) in [6, 6.07) is 1.75. The summed E-state index contributed by atoms with van der Waals surface area (Å²) in [6.07, 6.45) is 0.299. The fourth-order valence-electron chi connectivity index (χ4n) is 0.946. The highest BCUT2D eigenvalue weighted by Gasteiger charge is 2.07. The Kier molecular flexibility index (Phi) is 4.77. The molecule has 0 spiro atoms. The van der Waals surface area contributed by atoms with E-state index in [2.05, 4.69) is 26.6 Å². The minimum absolute atomic E-state index is 0.0817. The first-order chi connectivity index (χ1) is 7.13. The van der Waals surface area contributed by atoms with Crippen LogP contribution >= 0.6 is 27.3 Å². The molecule has 0 unspecified atom stereocenters. The fraction of sp³-hybridized carbons (Fsp3) is 0.333. The Balaban J connectivity index is 2.34. The average molecular weight is 291 g/mol. The first kappa shape index (κ1) is 12.2. The summed E-state index contributed by atoms with van der Waals surface area (Å²) in [5.74, 6) is -0.234. The normalized spacial score (nSPS) is 9.73. The van der Waals surface area contributed by atoms with E-state index in [1.54, 1.807) is 18.5 Å². The van der Waals surface area contributed by atoms with E-state index in [1.165, 1.54) is 11.3 Å². The SMILES string of the molecule is CNC(=O)CCNC(=O)c1csc(Br)c1. The summed E-state index contributed by atoms with van der Waals surface area (Å²) in [5, 5.41) is 6.91. The molecule has 0 aliphatic heterocycles. The minimum atomic E-state index is -0.152. The highest BCUT2D eigenvalue weighted by Crippen LogP contribution is 2.20. The number of thiophene rings is 1. The third kappa shape index (κ3) is 4.01. The highest BCUT2D eigenvalue weighted by atomic mass is 79.9. The summed E-state index contributed by atoms with van der Waals surface area (Å²) in [4.78, 5) is 22.3. The van der Waals surface area contributed by atoms with Crippen LogP contribution in [0.4, 0.5) is 0 Å². The van der Waals surface area contributed by atoms with Gasteiger partial charge in [-0.25, -0.2) is 0 Å². The molecule has 1 heterocycles. The van der Waals surface area contributed by atoms with Gasteiger partial charge in [-0.3, -0.25) is 9.59 Å². The molecule has 0 saturated heterocycles. The van der Waals surface area contributed by atoms with Crippen LogP contribution in [0.2, 0.25) is 0 Å². The lowest BCUT2D eigenvalue weighted by Crippen LogP contribution is -2.28. The van der Waals surface area contributed by atoms with Gasteiger partial charge in [-0.05, 0) is 22.0 Å². The first-order valence-electron chi connectivity index (χ1n) is 4.36. The zero-order valence-electron chi connectivity index (χ0n) is 8.17. The molecular formula is C9H11BrN2O2S. The van der Waals surface area contributed by atoms with Crippen LogP contribution in [0.25, 0.3) is 0 Å². The molecule has 0 radical (unpaired) electrons. The maximum Gasteiger partial charge on any atom is 0.252 e. The zero-order valence-corrected chi connectivity index (χ0v) is 10.6. The van der Waals surface area contributed by atoms with Gasteiger partial charge in [-0.2, -0.15) is 0 Å². The number of nitrogens with one attached hydrogen (secondary N) is 2. The van der Waals surface area contributed by atoms with Gasteiger partial charge in [0.05, 0.1) is 9.35 Å². The number of hydrogen-bond donors (Lipinski definition) is 2. The maximum absolute atomic E-state index is 11.5. The quantitative estimate of drug-likeness (QED) is 0.880. The molecule has 1 aromatic rings. The molecule has 82 valence electrons. The van der Waals surface area contributed by atoms with Gasteiger partial charge in [0.2, 0.25) is 5.91 Å². The van der Waals surface area contributed by atoms with Gasteiger partial charge in [0.15, 0.2) is 0 Å². The largest absolute Gasteiger partial charge is 0.359 e. The van der Waals surface area contributed by atoms with Gasteiger partial charge in [-0.15, -0.1) is 11.3 Å². The standard InChI is InChI=1S/C9H11BrN2O2S/c1-11-8(13)2-3-12-9(14)6-4-7(10)15-5-6/h4-5H,2-3H2,1H3,(H,11,13)(H,12,14). The van der Waals surface area contributed by atoms with Crippen molar-refractivity contribution in [1.29, 1.82) is 0 Å². The molecule has 0 aliphatic rings. The number of carbonyl (C=O) groups is 2. The van der Waals surface area contributed by atoms with E-state index in [-0.39, 0.29) is 11.8 Å². The summed E-state index contributed by atoms with van der Waals surface area (Å²) in [6.45, 7) is 0.353. The Hall–Kier alpha value is -0.880. The number of hydrogen-bond acceptors (Lipinski definition) is 3. The van der Waals surface area contributed by atoms with Crippen LogP contribution in [0.3, 0.4) is 0 Å². The minimum Gasteiger partial charge on any atom is -0.359 e. The molecule has 2 N–H and O–H groups in total. The van der Waals surface area contributed by atoms with Crippen molar-refractivity contribution in [2.45, 2.75) is 6.42 Å². The number of halogens is 1. The summed E-state index contributed by atoms with van der Waals surface area (Å²) >= 11 is 4.73. The highest BCUT2D eigenvalue weighted by molar-refractivity contribution is 9.11. The lowest BCUT2D eigenvalue weighted by atomic mass is 10.3. The van der Waals surface area contributed by atoms with Crippen LogP contribution in [0.1, 0.15) is 16.8 Å². The zero-order chi connectivity index (χ0) is 11.3. The second-order valence-electron chi connectivity index (χ2n) is 2.82. The van der Waals surface area contributed by atoms with Crippen molar-refractivity contribution >= 4 is 39.1 Å². The predicted molar refractivity (Wildman–Crippen MR) is 63.0 cm³/mol. The van der Waals surface area contributed by atoms with Crippen LogP contribution in [-0.2, 0) is 4.79 Å². The third-order valence-corrected chi connectivity index (χ3v) is 3.25. The second kappa shape index (κ2) is 5.87. The molecule has 1 aromatic heterocycles. The lowest BCUT2D eigenvalue weighted by Gasteiger charge is -2.02. The molecule has 1 rings (SSSR count). The Bertz CT molecular complexity index is 365. The molecule has 15 heavy (non-hydrogen) atoms. The van der Waals surface area contributed by atoms with Crippen LogP contribution in [0, 0.1) is 0 Å². The summed E-state index contributed by atoms with van der Waals surface area (Å²) in [5.41, 5.74) is 0.615. The first-order valence-corrected chi connectivity index (χ1v) is 6.03. The lowest BCUT2D eigenvalue weighted by molar-refractivity contribution is -0.120. The van der Waals surface area contributed by atoms with Crippen LogP contribution in [0.15, 0.2) is 15.2 Å². The van der Waals surface area contributed by atoms with E-state index >= 15 is 0 Å². The van der Waals surface area contributed by atoms with E-state index < -0.39 is 0 Å². The van der Waals surface area contributed by atoms with Crippen molar-refractivity contribution in [3.8, 4) is 0 Å². The monoisotopic (exact) mass is 290 g/mol. The Morgan fingerprint density at radius 2 is 2.27 bits per heavy atom. The van der Waals surface area contributed by atoms with Gasteiger partial charge in [0.25, 0.3) is 5.91 Å². The molecule has 0 bridgehead atoms. The van der Waals surface area contributed by atoms with E-state index in [0.29, 0.717) is 18.5 Å². The molecule has 4 nitrogen and oxygen atoms in total. The Morgan fingerprint density at radius 3 is 2.80 bits per heavy atom. The predicted octanol–water partition coefficient (Wildman–Crippen LogP) is 1.38. The maximum atomic E-state index is 11.5. The van der Waals surface area contributed by atoms with Crippen molar-refractivity contribution in [1.82, 2.24) is 10.6 Å². The van der Waals surface area contributed by atoms with Crippen LogP contribution in [-0.4, -0.2) is 25.4 Å². The number of rotatable bonds is 4. The topological polar surface area (TPSA) is 58.2 Å². The van der Waals surface area contributed by atoms with Gasteiger partial charge in [0, 0.05) is 25.4 Å². The molecule has 0 aromatic carbocycles. The van der Waals surface area contributed by atoms with Crippen LogP contribution in [0.5, 0.6) is 0 Å². The number of amides is 2. The molecule has 0 aliphatic carbocycles. The van der Waals surface area contributed by atoms with E-state index in [4.69, 9.17) is 0 Å². The van der Waals surface area contributed by atoms with Crippen molar-refractivity contribution in [3.63, 3.8) is 0 Å². The van der Waals surface area contributed by atoms with Crippen molar-refractivity contribution in [3.05, 3.63) is 20.8 Å². The van der Waals surface area contributed by atoms with Gasteiger partial charge >= 0.3 is 0 Å². The van der Waals surface area contributed by atoms with Crippen molar-refractivity contribution in [2.75, 3.05) is 13.6 Å². The fourth-order valence-corrected chi connectivity index (χ4v) is 2.08. The average Bonchev–Trinajstić information content (AvgIpc) is 2.64. The van der Waals surface area contributed by atoms with E-state index in [0.717, 1.165) is 3.79 Å². The van der Waals surface area contributed by atoms with E-state index in [1.807, 2.05) is 0 Å². The van der Waals surface area contributed by atoms with Crippen molar-refractivity contribution < 1.29 is 9.59 Å². The molecule has 0 atom stereocenters. The third-order valence-electron chi connectivity index (χ3n) is 1.75. The second-order valence-corrected chi connectivity index (χ2v) is 5.11. The smallest absolute Gasteiger partial charge is 0.252 e. The van der Waals surface area contributed by atoms with Gasteiger partial charge < -0.3 is 10.6 Å². The molecule has 0 fully saturated rings. The van der Waals surface area contributed by atoms with Crippen molar-refractivity contribution in [2.24, 2.45) is 0 Å². The Labute approximate surface area is 100 Å². The summed E-state index contributed by atoms with van der Waals surface area (Å²) in [7, 11) is 1.57. The molecule has 6 heteroatoms. The molecule has 2 amide bonds. The molecular weight excluding hydrogens is 280 g/mol. The van der Waals surface area contributed by atoms with E-state index in [9.17, 15) is 9.59 Å². The van der Waals surface area contributed by atoms with Gasteiger partial charge in [-0.1, -0.05) is 0 Å². The van der Waals surface area contributed by atoms with Crippen LogP contribution < -0.4 is 10.6 Å². The number of carbonyl (C=O) groups excluding carboxylic acids is 2.